The quantitative estimate of drug-likeness (QED) is 0.200. The average molecular weight is 384 g/mol. The van der Waals surface area contributed by atoms with Crippen LogP contribution in [-0.4, -0.2) is 100 Å². The summed E-state index contributed by atoms with van der Waals surface area (Å²) in [5.74, 6) is 0. The van der Waals surface area contributed by atoms with Gasteiger partial charge in [0.25, 0.3) is 0 Å². The van der Waals surface area contributed by atoms with Gasteiger partial charge in [0.15, 0.2) is 0 Å². The monoisotopic (exact) mass is 383 g/mol. The molecule has 0 aliphatic rings. The maximum absolute atomic E-state index is 9.21. The van der Waals surface area contributed by atoms with Crippen LogP contribution in [0.4, 0.5) is 0 Å². The predicted octanol–water partition coefficient (Wildman–Crippen LogP) is -5.53. The van der Waals surface area contributed by atoms with E-state index < -0.39 is 51.1 Å². The van der Waals surface area contributed by atoms with Gasteiger partial charge in [-0.25, -0.2) is 0 Å². The number of likely N-dealkylation sites (N-methyl/N-ethyl adjacent to an activating group) is 1. The first-order valence-corrected chi connectivity index (χ1v) is 9.27. The van der Waals surface area contributed by atoms with Crippen molar-refractivity contribution in [1.29, 1.82) is 0 Å². The Morgan fingerprint density at radius 3 is 1.61 bits per heavy atom. The first-order valence-electron chi connectivity index (χ1n) is 4.80. The van der Waals surface area contributed by atoms with E-state index in [9.17, 15) is 5.11 Å². The van der Waals surface area contributed by atoms with E-state index in [-0.39, 0.29) is 6.54 Å². The second-order valence-corrected chi connectivity index (χ2v) is 6.30. The summed E-state index contributed by atoms with van der Waals surface area (Å²) in [7, 11) is 1.57. The van der Waals surface area contributed by atoms with Crippen LogP contribution in [0.25, 0.3) is 0 Å². The van der Waals surface area contributed by atoms with Crippen LogP contribution in [0.3, 0.4) is 0 Å². The van der Waals surface area contributed by atoms with Crippen molar-refractivity contribution in [3.8, 4) is 0 Å². The van der Waals surface area contributed by atoms with Gasteiger partial charge in [-0.05, 0) is 7.05 Å². The number of aliphatic hydroxyl groups is 5. The molecule has 18 heavy (non-hydrogen) atoms. The number of hydrogen-bond donors (Lipinski definition) is 9. The van der Waals surface area contributed by atoms with Crippen LogP contribution in [0.1, 0.15) is 0 Å². The Morgan fingerprint density at radius 2 is 1.33 bits per heavy atom. The molecule has 4 atom stereocenters. The second kappa shape index (κ2) is 10.1. The van der Waals surface area contributed by atoms with Gasteiger partial charge in [0.1, 0.15) is 18.3 Å². The van der Waals surface area contributed by atoms with Gasteiger partial charge in [0.2, 0.25) is 0 Å². The van der Waals surface area contributed by atoms with Crippen molar-refractivity contribution in [2.75, 3.05) is 20.2 Å². The zero-order valence-electron chi connectivity index (χ0n) is 9.66. The van der Waals surface area contributed by atoms with Crippen LogP contribution in [0, 0.1) is 0 Å². The Kier molecular flexibility index (Phi) is 11.5. The van der Waals surface area contributed by atoms with Crippen LogP contribution in [0.15, 0.2) is 0 Å². The van der Waals surface area contributed by atoms with E-state index in [0.29, 0.717) is 0 Å². The van der Waals surface area contributed by atoms with E-state index in [2.05, 4.69) is 5.32 Å². The van der Waals surface area contributed by atoms with Crippen molar-refractivity contribution in [1.82, 2.24) is 5.32 Å². The Labute approximate surface area is 109 Å². The summed E-state index contributed by atoms with van der Waals surface area (Å²) in [6, 6.07) is 0. The fourth-order valence-corrected chi connectivity index (χ4v) is 0.893. The second-order valence-electron chi connectivity index (χ2n) is 3.37. The van der Waals surface area contributed by atoms with Gasteiger partial charge < -0.3 is 30.8 Å². The first kappa shape index (κ1) is 20.6. The Hall–Kier alpha value is 0.258. The van der Waals surface area contributed by atoms with Crippen LogP contribution in [0.2, 0.25) is 0 Å². The summed E-state index contributed by atoms with van der Waals surface area (Å²) in [5.41, 5.74) is 0. The van der Waals surface area contributed by atoms with E-state index in [1.807, 2.05) is 0 Å². The standard InChI is InChI=1S/C7H17NO5.3H2O.O.Sb/c1-8-2-4(10)6(12)7(13)5(11)3-9;;;;;/h4-13H,2-3H2,1H3;3*1H2;;/q;;;;;+3/p-3/t4-,5+,6+,7+;;;;;/m1...../s1. The molecule has 0 heterocycles. The molecule has 0 rings (SSSR count). The van der Waals surface area contributed by atoms with Gasteiger partial charge in [0, 0.05) is 6.54 Å². The fraction of sp³-hybridized carbons (Fsp3) is 1.00. The molecule has 0 aliphatic carbocycles. The summed E-state index contributed by atoms with van der Waals surface area (Å²) in [6.07, 6.45) is -5.65. The summed E-state index contributed by atoms with van der Waals surface area (Å²) in [5, 5.41) is 47.5. The molecule has 0 aromatic carbocycles. The molecule has 0 amide bonds. The number of aliphatic hydroxyl groups excluding tert-OH is 5. The van der Waals surface area contributed by atoms with Crippen LogP contribution >= 0.6 is 0 Å². The normalized spacial score (nSPS) is 18.3. The van der Waals surface area contributed by atoms with E-state index in [1.165, 1.54) is 0 Å². The van der Waals surface area contributed by atoms with E-state index in [0.717, 1.165) is 0 Å². The third kappa shape index (κ3) is 12.7. The van der Waals surface area contributed by atoms with Gasteiger partial charge in [0.05, 0.1) is 12.7 Å². The molecule has 0 fully saturated rings. The van der Waals surface area contributed by atoms with Crippen molar-refractivity contribution in [3.63, 3.8) is 0 Å². The Bertz CT molecular complexity index is 239. The molecule has 0 aromatic rings. The molecule has 0 radical (unpaired) electrons. The van der Waals surface area contributed by atoms with Crippen molar-refractivity contribution < 1.29 is 38.7 Å². The van der Waals surface area contributed by atoms with Gasteiger partial charge in [-0.1, -0.05) is 0 Å². The fourth-order valence-electron chi connectivity index (χ4n) is 0.893. The molecule has 0 bridgehead atoms. The number of rotatable bonds is 6. The number of hydrogen-bond acceptors (Lipinski definition) is 7. The Balaban J connectivity index is 0. The zero-order chi connectivity index (χ0) is 14.9. The molecule has 0 saturated carbocycles. The zero-order valence-corrected chi connectivity index (χ0v) is 12.2. The summed E-state index contributed by atoms with van der Waals surface area (Å²) < 4.78 is 30.8. The van der Waals surface area contributed by atoms with E-state index in [4.69, 9.17) is 33.6 Å². The van der Waals surface area contributed by atoms with Crippen LogP contribution < -0.4 is 5.32 Å². The minimum absolute atomic E-state index is 0.0936. The topological polar surface area (TPSA) is 191 Å². The molecule has 0 saturated heterocycles. The molecule has 112 valence electrons. The van der Waals surface area contributed by atoms with Gasteiger partial charge in [-0.2, -0.15) is 0 Å². The maximum atomic E-state index is 9.21. The molecule has 9 N–H and O–H groups in total. The van der Waals surface area contributed by atoms with Gasteiger partial charge in [-0.3, -0.25) is 0 Å². The molecule has 0 aliphatic heterocycles. The molecule has 0 aromatic heterocycles. The molecule has 0 unspecified atom stereocenters. The minimum atomic E-state index is -5.35. The molecular formula is C7H20NO9Sb. The summed E-state index contributed by atoms with van der Waals surface area (Å²) >= 11 is -5.35. The summed E-state index contributed by atoms with van der Waals surface area (Å²) in [4.78, 5) is 0. The molecular weight excluding hydrogens is 364 g/mol. The third-order valence-electron chi connectivity index (χ3n) is 1.74. The predicted molar refractivity (Wildman–Crippen MR) is 58.1 cm³/mol. The molecule has 11 heteroatoms. The van der Waals surface area contributed by atoms with E-state index >= 15 is 0 Å². The van der Waals surface area contributed by atoms with Gasteiger partial charge in [-0.15, -0.1) is 0 Å². The van der Waals surface area contributed by atoms with Crippen molar-refractivity contribution >= 4 is 20.1 Å². The molecule has 10 nitrogen and oxygen atoms in total. The SMILES string of the molecule is CNC[C@@H](O)[C@H](O)[C@@H](O)[C@@H](O)CO.[O]=[Sb]([OH])([OH])[OH]. The van der Waals surface area contributed by atoms with Crippen molar-refractivity contribution in [2.45, 2.75) is 24.4 Å². The van der Waals surface area contributed by atoms with Crippen molar-refractivity contribution in [3.05, 3.63) is 0 Å². The summed E-state index contributed by atoms with van der Waals surface area (Å²) in [6.45, 7) is -0.569. The van der Waals surface area contributed by atoms with Crippen molar-refractivity contribution in [2.24, 2.45) is 0 Å². The van der Waals surface area contributed by atoms with Gasteiger partial charge >= 0.3 is 33.2 Å². The van der Waals surface area contributed by atoms with Crippen LogP contribution in [-0.2, 0) is 3.02 Å². The third-order valence-corrected chi connectivity index (χ3v) is 1.74. The number of nitrogens with one attached hydrogen (secondary N) is 1. The Morgan fingerprint density at radius 1 is 1.00 bits per heavy atom. The van der Waals surface area contributed by atoms with E-state index in [1.54, 1.807) is 7.05 Å². The van der Waals surface area contributed by atoms with Crippen LogP contribution in [0.5, 0.6) is 0 Å². The first-order chi connectivity index (χ1) is 8.04. The average Bonchev–Trinajstić information content (AvgIpc) is 2.24. The molecule has 0 spiro atoms.